The van der Waals surface area contributed by atoms with Gasteiger partial charge in [0.2, 0.25) is 5.95 Å². The summed E-state index contributed by atoms with van der Waals surface area (Å²) in [6.07, 6.45) is 0. The van der Waals surface area contributed by atoms with Crippen LogP contribution in [0.1, 0.15) is 5.82 Å². The molecule has 0 saturated carbocycles. The maximum atomic E-state index is 14.0. The van der Waals surface area contributed by atoms with Gasteiger partial charge in [-0.2, -0.15) is 13.8 Å². The van der Waals surface area contributed by atoms with Crippen LogP contribution in [0.15, 0.2) is 29.2 Å². The van der Waals surface area contributed by atoms with Gasteiger partial charge in [0, 0.05) is 11.9 Å². The number of nitrogen functional groups attached to an aromatic ring is 1. The van der Waals surface area contributed by atoms with Gasteiger partial charge >= 0.3 is 11.2 Å². The number of carbonyl (C=O) groups excluding carboxylic acids is 1. The molecular weight excluding hydrogens is 319 g/mol. The average molecular weight is 331 g/mol. The molecule has 0 fully saturated rings. The number of nitrogens with one attached hydrogen (secondary N) is 1. The zero-order chi connectivity index (χ0) is 16.3. The van der Waals surface area contributed by atoms with Crippen molar-refractivity contribution in [1.82, 2.24) is 20.1 Å². The van der Waals surface area contributed by atoms with Crippen LogP contribution in [0.3, 0.4) is 0 Å². The van der Waals surface area contributed by atoms with Crippen LogP contribution in [0.2, 0.25) is 0 Å². The lowest BCUT2D eigenvalue weighted by atomic mass is 10.4. The Morgan fingerprint density at radius 1 is 1.41 bits per heavy atom. The Balaban J connectivity index is 2.03. The van der Waals surface area contributed by atoms with E-state index < -0.39 is 17.0 Å². The van der Waals surface area contributed by atoms with Crippen LogP contribution in [0.5, 0.6) is 0 Å². The Hall–Kier alpha value is -2.23. The molecule has 1 heterocycles. The molecule has 0 aliphatic carbocycles. The quantitative estimate of drug-likeness (QED) is 0.817. The predicted molar refractivity (Wildman–Crippen MR) is 74.5 cm³/mol. The van der Waals surface area contributed by atoms with Gasteiger partial charge in [-0.1, -0.05) is 0 Å². The third-order valence-corrected chi connectivity index (χ3v) is 3.53. The second-order valence-corrected chi connectivity index (χ2v) is 5.56. The molecule has 1 amide bonds. The molecule has 0 spiro atoms. The molecule has 10 heteroatoms. The minimum absolute atomic E-state index is 0.0386. The van der Waals surface area contributed by atoms with Crippen LogP contribution in [-0.4, -0.2) is 38.3 Å². The van der Waals surface area contributed by atoms with Gasteiger partial charge < -0.3 is 10.6 Å². The smallest absolute Gasteiger partial charge is 0.367 e. The van der Waals surface area contributed by atoms with Gasteiger partial charge in [-0.3, -0.25) is 9.89 Å². The highest BCUT2D eigenvalue weighted by Crippen LogP contribution is 2.37. The number of aromatic nitrogens is 3. The van der Waals surface area contributed by atoms with Crippen molar-refractivity contribution in [3.8, 4) is 0 Å². The van der Waals surface area contributed by atoms with Gasteiger partial charge in [-0.25, -0.2) is 4.39 Å². The molecule has 1 aromatic heterocycles. The fourth-order valence-electron chi connectivity index (χ4n) is 1.59. The predicted octanol–water partition coefficient (Wildman–Crippen LogP) is 1.87. The number of hydrogen-bond donors (Lipinski definition) is 2. The van der Waals surface area contributed by atoms with Gasteiger partial charge in [-0.15, -0.1) is 5.10 Å². The highest BCUT2D eigenvalue weighted by Gasteiger charge is 2.42. The monoisotopic (exact) mass is 331 g/mol. The number of nitrogens with two attached hydrogens (primary N) is 1. The average Bonchev–Trinajstić information content (AvgIpc) is 2.85. The van der Waals surface area contributed by atoms with Crippen LogP contribution in [0, 0.1) is 5.82 Å². The molecule has 22 heavy (non-hydrogen) atoms. The Bertz CT molecular complexity index is 661. The molecule has 3 N–H and O–H groups in total. The zero-order valence-corrected chi connectivity index (χ0v) is 12.2. The molecule has 2 rings (SSSR count). The standard InChI is InChI=1S/C12H12F3N5OS/c1-20(6-9-17-11(16)19-18-9)10(21)12(14,15)22-8-4-2-7(13)3-5-8/h2-5H,6H2,1H3,(H3,16,17,18,19). The summed E-state index contributed by atoms with van der Waals surface area (Å²) in [5, 5.41) is 2.27. The fraction of sp³-hybridized carbons (Fsp3) is 0.250. The van der Waals surface area contributed by atoms with Crippen LogP contribution in [0.25, 0.3) is 0 Å². The number of amides is 1. The summed E-state index contributed by atoms with van der Waals surface area (Å²) in [5.41, 5.74) is 5.29. The van der Waals surface area contributed by atoms with Crippen molar-refractivity contribution in [2.75, 3.05) is 12.8 Å². The Kier molecular flexibility index (Phi) is 4.59. The molecule has 1 aromatic carbocycles. The third-order valence-electron chi connectivity index (χ3n) is 2.59. The normalized spacial score (nSPS) is 11.5. The highest BCUT2D eigenvalue weighted by molar-refractivity contribution is 8.01. The van der Waals surface area contributed by atoms with E-state index in [1.165, 1.54) is 19.2 Å². The summed E-state index contributed by atoms with van der Waals surface area (Å²) in [7, 11) is 1.21. The van der Waals surface area contributed by atoms with Crippen LogP contribution >= 0.6 is 11.8 Å². The summed E-state index contributed by atoms with van der Waals surface area (Å²) < 4.78 is 40.7. The minimum Gasteiger partial charge on any atom is -0.367 e. The van der Waals surface area contributed by atoms with E-state index in [4.69, 9.17) is 5.73 Å². The maximum absolute atomic E-state index is 14.0. The van der Waals surface area contributed by atoms with Crippen molar-refractivity contribution in [3.63, 3.8) is 0 Å². The maximum Gasteiger partial charge on any atom is 0.375 e. The molecule has 2 aromatic rings. The first-order chi connectivity index (χ1) is 10.3. The number of anilines is 1. The molecule has 0 aliphatic heterocycles. The number of thioether (sulfide) groups is 1. The Morgan fingerprint density at radius 3 is 2.59 bits per heavy atom. The minimum atomic E-state index is -3.70. The van der Waals surface area contributed by atoms with E-state index in [2.05, 4.69) is 15.2 Å². The van der Waals surface area contributed by atoms with Crippen LogP contribution in [-0.2, 0) is 11.3 Å². The van der Waals surface area contributed by atoms with Crippen molar-refractivity contribution in [2.45, 2.75) is 16.7 Å². The number of aromatic amines is 1. The van der Waals surface area contributed by atoms with Crippen molar-refractivity contribution in [3.05, 3.63) is 35.9 Å². The first-order valence-corrected chi connectivity index (χ1v) is 6.84. The number of alkyl halides is 2. The molecule has 0 bridgehead atoms. The topological polar surface area (TPSA) is 87.9 Å². The molecule has 0 unspecified atom stereocenters. The molecular formula is C12H12F3N5OS. The van der Waals surface area contributed by atoms with Crippen LogP contribution < -0.4 is 5.73 Å². The molecule has 0 aliphatic rings. The number of halogens is 3. The van der Waals surface area contributed by atoms with Gasteiger partial charge in [0.05, 0.1) is 6.54 Å². The summed E-state index contributed by atoms with van der Waals surface area (Å²) in [4.78, 5) is 16.5. The summed E-state index contributed by atoms with van der Waals surface area (Å²) >= 11 is 0.0447. The van der Waals surface area contributed by atoms with Crippen molar-refractivity contribution in [1.29, 1.82) is 0 Å². The van der Waals surface area contributed by atoms with Crippen LogP contribution in [0.4, 0.5) is 19.1 Å². The first-order valence-electron chi connectivity index (χ1n) is 6.02. The van der Waals surface area contributed by atoms with E-state index in [0.717, 1.165) is 17.0 Å². The van der Waals surface area contributed by atoms with Gasteiger partial charge in [0.1, 0.15) is 11.6 Å². The molecule has 6 nitrogen and oxygen atoms in total. The highest BCUT2D eigenvalue weighted by atomic mass is 32.2. The summed E-state index contributed by atoms with van der Waals surface area (Å²) in [6.45, 7) is -0.192. The number of H-pyrrole nitrogens is 1. The lowest BCUT2D eigenvalue weighted by Crippen LogP contribution is -2.39. The lowest BCUT2D eigenvalue weighted by Gasteiger charge is -2.21. The van der Waals surface area contributed by atoms with Gasteiger partial charge in [0.15, 0.2) is 0 Å². The van der Waals surface area contributed by atoms with Crippen molar-refractivity contribution >= 4 is 23.6 Å². The van der Waals surface area contributed by atoms with E-state index in [-0.39, 0.29) is 35.0 Å². The first kappa shape index (κ1) is 16.1. The molecule has 118 valence electrons. The van der Waals surface area contributed by atoms with E-state index in [1.54, 1.807) is 0 Å². The van der Waals surface area contributed by atoms with E-state index >= 15 is 0 Å². The van der Waals surface area contributed by atoms with E-state index in [9.17, 15) is 18.0 Å². The second-order valence-electron chi connectivity index (χ2n) is 4.37. The Morgan fingerprint density at radius 2 is 2.05 bits per heavy atom. The number of nitrogens with zero attached hydrogens (tertiary/aromatic N) is 3. The van der Waals surface area contributed by atoms with Crippen molar-refractivity contribution < 1.29 is 18.0 Å². The number of hydrogen-bond acceptors (Lipinski definition) is 5. The number of benzene rings is 1. The third kappa shape index (κ3) is 3.91. The second kappa shape index (κ2) is 6.26. The van der Waals surface area contributed by atoms with Crippen molar-refractivity contribution in [2.24, 2.45) is 0 Å². The molecule has 0 atom stereocenters. The molecule has 0 saturated heterocycles. The summed E-state index contributed by atoms with van der Waals surface area (Å²) in [5.74, 6) is -1.80. The molecule has 0 radical (unpaired) electrons. The number of rotatable bonds is 5. The SMILES string of the molecule is CN(Cc1nc(N)n[nH]1)C(=O)C(F)(F)Sc1ccc(F)cc1. The van der Waals surface area contributed by atoms with E-state index in [0.29, 0.717) is 0 Å². The van der Waals surface area contributed by atoms with Gasteiger partial charge in [0.25, 0.3) is 0 Å². The summed E-state index contributed by atoms with van der Waals surface area (Å²) in [6, 6.07) is 4.45. The van der Waals surface area contributed by atoms with Gasteiger partial charge in [-0.05, 0) is 36.0 Å². The lowest BCUT2D eigenvalue weighted by molar-refractivity contribution is -0.145. The largest absolute Gasteiger partial charge is 0.375 e. The fourth-order valence-corrected chi connectivity index (χ4v) is 2.41. The zero-order valence-electron chi connectivity index (χ0n) is 11.4. The van der Waals surface area contributed by atoms with E-state index in [1.807, 2.05) is 0 Å². The number of carbonyl (C=O) groups is 1. The Labute approximate surface area is 127 Å².